The Morgan fingerprint density at radius 3 is 2.46 bits per heavy atom. The lowest BCUT2D eigenvalue weighted by Crippen LogP contribution is -2.53. The second-order valence-electron chi connectivity index (χ2n) is 5.85. The van der Waals surface area contributed by atoms with Gasteiger partial charge in [-0.2, -0.15) is 0 Å². The zero-order valence-electron chi connectivity index (χ0n) is 13.6. The third-order valence-electron chi connectivity index (χ3n) is 4.11. The minimum Gasteiger partial charge on any atom is -0.340 e. The Morgan fingerprint density at radius 1 is 1.12 bits per heavy atom. The van der Waals surface area contributed by atoms with Gasteiger partial charge in [-0.05, 0) is 29.8 Å². The van der Waals surface area contributed by atoms with Crippen molar-refractivity contribution in [3.8, 4) is 0 Å². The Balaban J connectivity index is 1.46. The summed E-state index contributed by atoms with van der Waals surface area (Å²) in [5.41, 5.74) is 0. The molecule has 5 nitrogen and oxygen atoms in total. The van der Waals surface area contributed by atoms with E-state index in [4.69, 9.17) is 0 Å². The molecular formula is C17H21N3O2S2. The number of hydrogen-bond acceptors (Lipinski definition) is 5. The summed E-state index contributed by atoms with van der Waals surface area (Å²) in [6.45, 7) is 5.87. The number of thiophene rings is 2. The quantitative estimate of drug-likeness (QED) is 0.887. The maximum Gasteiger partial charge on any atom is 0.261 e. The lowest BCUT2D eigenvalue weighted by Gasteiger charge is -2.35. The second kappa shape index (κ2) is 7.92. The Morgan fingerprint density at radius 2 is 1.83 bits per heavy atom. The summed E-state index contributed by atoms with van der Waals surface area (Å²) in [7, 11) is 0. The molecule has 0 radical (unpaired) electrons. The largest absolute Gasteiger partial charge is 0.340 e. The van der Waals surface area contributed by atoms with E-state index in [1.165, 1.54) is 16.2 Å². The van der Waals surface area contributed by atoms with E-state index in [9.17, 15) is 9.59 Å². The first kappa shape index (κ1) is 17.1. The monoisotopic (exact) mass is 363 g/mol. The van der Waals surface area contributed by atoms with E-state index >= 15 is 0 Å². The number of rotatable bonds is 5. The fourth-order valence-corrected chi connectivity index (χ4v) is 4.13. The van der Waals surface area contributed by atoms with E-state index in [0.29, 0.717) is 18.0 Å². The van der Waals surface area contributed by atoms with Gasteiger partial charge in [0.1, 0.15) is 6.04 Å². The van der Waals surface area contributed by atoms with Gasteiger partial charge in [-0.3, -0.25) is 14.5 Å². The highest BCUT2D eigenvalue weighted by Crippen LogP contribution is 2.14. The van der Waals surface area contributed by atoms with E-state index in [1.807, 2.05) is 16.3 Å². The van der Waals surface area contributed by atoms with E-state index < -0.39 is 6.04 Å². The van der Waals surface area contributed by atoms with Crippen LogP contribution in [-0.4, -0.2) is 53.8 Å². The van der Waals surface area contributed by atoms with Crippen LogP contribution in [0.5, 0.6) is 0 Å². The zero-order chi connectivity index (χ0) is 16.9. The maximum atomic E-state index is 12.5. The van der Waals surface area contributed by atoms with Gasteiger partial charge < -0.3 is 10.2 Å². The number of carbonyl (C=O) groups excluding carboxylic acids is 2. The maximum absolute atomic E-state index is 12.5. The Hall–Kier alpha value is -1.70. The van der Waals surface area contributed by atoms with Crippen molar-refractivity contribution >= 4 is 34.5 Å². The average molecular weight is 364 g/mol. The molecule has 1 fully saturated rings. The molecule has 0 aromatic carbocycles. The van der Waals surface area contributed by atoms with Gasteiger partial charge in [0.05, 0.1) is 4.88 Å². The highest BCUT2D eigenvalue weighted by molar-refractivity contribution is 7.12. The molecule has 1 unspecified atom stereocenters. The Bertz CT molecular complexity index is 662. The van der Waals surface area contributed by atoms with Gasteiger partial charge in [0, 0.05) is 37.6 Å². The van der Waals surface area contributed by atoms with Crippen LogP contribution in [0.4, 0.5) is 0 Å². The van der Waals surface area contributed by atoms with Crippen LogP contribution >= 0.6 is 22.7 Å². The molecule has 0 spiro atoms. The van der Waals surface area contributed by atoms with E-state index in [1.54, 1.807) is 24.3 Å². The van der Waals surface area contributed by atoms with Gasteiger partial charge in [-0.15, -0.1) is 22.7 Å². The summed E-state index contributed by atoms with van der Waals surface area (Å²) in [6, 6.07) is 7.31. The highest BCUT2D eigenvalue weighted by Gasteiger charge is 2.26. The SMILES string of the molecule is CC(NC(=O)c1cccs1)C(=O)N1CCN(Cc2cccs2)CC1. The molecule has 0 aliphatic carbocycles. The van der Waals surface area contributed by atoms with Crippen LogP contribution in [0.15, 0.2) is 35.0 Å². The minimum atomic E-state index is -0.497. The van der Waals surface area contributed by atoms with Gasteiger partial charge in [0.15, 0.2) is 0 Å². The standard InChI is InChI=1S/C17H21N3O2S2/c1-13(18-16(21)15-5-3-11-24-15)17(22)20-8-6-19(7-9-20)12-14-4-2-10-23-14/h2-5,10-11,13H,6-9,12H2,1H3,(H,18,21). The van der Waals surface area contributed by atoms with Crippen molar-refractivity contribution in [1.29, 1.82) is 0 Å². The molecule has 0 saturated carbocycles. The third kappa shape index (κ3) is 4.23. The fourth-order valence-electron chi connectivity index (χ4n) is 2.76. The van der Waals surface area contributed by atoms with Crippen molar-refractivity contribution in [2.75, 3.05) is 26.2 Å². The van der Waals surface area contributed by atoms with Crippen molar-refractivity contribution in [1.82, 2.24) is 15.1 Å². The number of nitrogens with one attached hydrogen (secondary N) is 1. The summed E-state index contributed by atoms with van der Waals surface area (Å²) in [4.78, 5) is 30.8. The summed E-state index contributed by atoms with van der Waals surface area (Å²) < 4.78 is 0. The van der Waals surface area contributed by atoms with Crippen LogP contribution in [0.3, 0.4) is 0 Å². The van der Waals surface area contributed by atoms with Gasteiger partial charge in [0.2, 0.25) is 5.91 Å². The van der Waals surface area contributed by atoms with Gasteiger partial charge in [0.25, 0.3) is 5.91 Å². The molecule has 128 valence electrons. The first-order valence-electron chi connectivity index (χ1n) is 8.01. The molecule has 2 aromatic rings. The molecule has 1 saturated heterocycles. The third-order valence-corrected chi connectivity index (χ3v) is 5.84. The first-order valence-corrected chi connectivity index (χ1v) is 9.77. The zero-order valence-corrected chi connectivity index (χ0v) is 15.2. The number of carbonyl (C=O) groups is 2. The van der Waals surface area contributed by atoms with Crippen molar-refractivity contribution in [3.63, 3.8) is 0 Å². The van der Waals surface area contributed by atoms with E-state index in [0.717, 1.165) is 19.6 Å². The normalized spacial score (nSPS) is 16.8. The molecule has 0 bridgehead atoms. The van der Waals surface area contributed by atoms with Crippen LogP contribution in [0.25, 0.3) is 0 Å². The lowest BCUT2D eigenvalue weighted by atomic mass is 10.2. The number of hydrogen-bond donors (Lipinski definition) is 1. The molecule has 24 heavy (non-hydrogen) atoms. The fraction of sp³-hybridized carbons (Fsp3) is 0.412. The summed E-state index contributed by atoms with van der Waals surface area (Å²) in [6.07, 6.45) is 0. The van der Waals surface area contributed by atoms with Gasteiger partial charge >= 0.3 is 0 Å². The predicted octanol–water partition coefficient (Wildman–Crippen LogP) is 2.27. The summed E-state index contributed by atoms with van der Waals surface area (Å²) in [5, 5.41) is 6.74. The molecule has 1 atom stereocenters. The predicted molar refractivity (Wildman–Crippen MR) is 97.4 cm³/mol. The van der Waals surface area contributed by atoms with Crippen LogP contribution in [0, 0.1) is 0 Å². The molecule has 1 aliphatic heterocycles. The lowest BCUT2D eigenvalue weighted by molar-refractivity contribution is -0.134. The van der Waals surface area contributed by atoms with Crippen LogP contribution in [0.1, 0.15) is 21.5 Å². The molecule has 3 heterocycles. The van der Waals surface area contributed by atoms with Crippen molar-refractivity contribution in [2.24, 2.45) is 0 Å². The van der Waals surface area contributed by atoms with Gasteiger partial charge in [-0.25, -0.2) is 0 Å². The molecule has 1 N–H and O–H groups in total. The molecular weight excluding hydrogens is 342 g/mol. The van der Waals surface area contributed by atoms with E-state index in [2.05, 4.69) is 27.7 Å². The smallest absolute Gasteiger partial charge is 0.261 e. The van der Waals surface area contributed by atoms with Crippen LogP contribution in [0.2, 0.25) is 0 Å². The second-order valence-corrected chi connectivity index (χ2v) is 7.83. The topological polar surface area (TPSA) is 52.7 Å². The highest BCUT2D eigenvalue weighted by atomic mass is 32.1. The first-order chi connectivity index (χ1) is 11.6. The molecule has 2 aromatic heterocycles. The molecule has 1 aliphatic rings. The molecule has 7 heteroatoms. The molecule has 2 amide bonds. The number of piperazine rings is 1. The number of nitrogens with zero attached hydrogens (tertiary/aromatic N) is 2. The van der Waals surface area contributed by atoms with Crippen LogP contribution < -0.4 is 5.32 Å². The minimum absolute atomic E-state index is 0.00400. The van der Waals surface area contributed by atoms with Crippen molar-refractivity contribution < 1.29 is 9.59 Å². The number of amides is 2. The van der Waals surface area contributed by atoms with E-state index in [-0.39, 0.29) is 11.8 Å². The Kier molecular flexibility index (Phi) is 5.65. The van der Waals surface area contributed by atoms with Crippen molar-refractivity contribution in [2.45, 2.75) is 19.5 Å². The van der Waals surface area contributed by atoms with Gasteiger partial charge in [-0.1, -0.05) is 12.1 Å². The average Bonchev–Trinajstić information content (AvgIpc) is 3.28. The molecule has 3 rings (SSSR count). The Labute approximate surface area is 149 Å². The van der Waals surface area contributed by atoms with Crippen molar-refractivity contribution in [3.05, 3.63) is 44.8 Å². The summed E-state index contributed by atoms with van der Waals surface area (Å²) >= 11 is 3.14. The van der Waals surface area contributed by atoms with Crippen LogP contribution in [-0.2, 0) is 11.3 Å². The summed E-state index contributed by atoms with van der Waals surface area (Å²) in [5.74, 6) is -0.183.